The fraction of sp³-hybridized carbons (Fsp3) is 0.381. The molecule has 27 heavy (non-hydrogen) atoms. The largest absolute Gasteiger partial charge is 0.337 e. The Balaban J connectivity index is 0.00000131. The van der Waals surface area contributed by atoms with Crippen LogP contribution < -0.4 is 0 Å². The van der Waals surface area contributed by atoms with Crippen LogP contribution in [-0.4, -0.2) is 40.9 Å². The van der Waals surface area contributed by atoms with Crippen molar-refractivity contribution in [1.29, 1.82) is 0 Å². The van der Waals surface area contributed by atoms with Crippen molar-refractivity contribution in [1.82, 2.24) is 9.80 Å². The Morgan fingerprint density at radius 2 is 1.67 bits per heavy atom. The van der Waals surface area contributed by atoms with E-state index in [0.29, 0.717) is 6.04 Å². The second-order valence-electron chi connectivity index (χ2n) is 7.22. The van der Waals surface area contributed by atoms with Gasteiger partial charge in [0.15, 0.2) is 0 Å². The van der Waals surface area contributed by atoms with Crippen molar-refractivity contribution in [2.45, 2.75) is 38.4 Å². The zero-order valence-corrected chi connectivity index (χ0v) is 18.5. The first-order valence-electron chi connectivity index (χ1n) is 8.92. The summed E-state index contributed by atoms with van der Waals surface area (Å²) < 4.78 is 1.12. The fourth-order valence-corrected chi connectivity index (χ4v) is 4.74. The molecule has 0 N–H and O–H groups in total. The highest BCUT2D eigenvalue weighted by Crippen LogP contribution is 2.29. The first-order valence-corrected chi connectivity index (χ1v) is 9.72. The van der Waals surface area contributed by atoms with Crippen molar-refractivity contribution in [2.24, 2.45) is 0 Å². The molecule has 0 saturated carbocycles. The lowest BCUT2D eigenvalue weighted by atomic mass is 9.87. The molecule has 2 bridgehead atoms. The van der Waals surface area contributed by atoms with Crippen LogP contribution in [0.1, 0.15) is 23.6 Å². The minimum Gasteiger partial charge on any atom is -0.337 e. The molecule has 2 aromatic carbocycles. The molecule has 2 unspecified atom stereocenters. The number of carbonyl (C=O) groups is 1. The average Bonchev–Trinajstić information content (AvgIpc) is 2.55. The van der Waals surface area contributed by atoms with E-state index in [9.17, 15) is 4.79 Å². The van der Waals surface area contributed by atoms with Crippen molar-refractivity contribution in [3.8, 4) is 0 Å². The number of amides is 1. The third-order valence-electron chi connectivity index (χ3n) is 5.52. The normalized spacial score (nSPS) is 21.3. The van der Waals surface area contributed by atoms with E-state index in [1.165, 1.54) is 16.7 Å². The molecule has 0 spiro atoms. The molecular formula is C21H25BrCl2N2O. The summed E-state index contributed by atoms with van der Waals surface area (Å²) in [6, 6.07) is 17.9. The molecule has 0 radical (unpaired) electrons. The predicted octanol–water partition coefficient (Wildman–Crippen LogP) is 4.49. The summed E-state index contributed by atoms with van der Waals surface area (Å²) in [7, 11) is 0. The smallest absolute Gasteiger partial charge is 0.219 e. The molecule has 0 aromatic heterocycles. The summed E-state index contributed by atoms with van der Waals surface area (Å²) in [5.74, 6) is 0.205. The van der Waals surface area contributed by atoms with Gasteiger partial charge in [0, 0.05) is 43.1 Å². The maximum absolute atomic E-state index is 12.2. The maximum atomic E-state index is 12.2. The number of carbonyl (C=O) groups excluding carboxylic acids is 1. The number of hydrogen-bond donors (Lipinski definition) is 0. The van der Waals surface area contributed by atoms with Gasteiger partial charge in [-0.3, -0.25) is 9.69 Å². The van der Waals surface area contributed by atoms with Crippen LogP contribution in [0.25, 0.3) is 0 Å². The van der Waals surface area contributed by atoms with Crippen molar-refractivity contribution >= 4 is 46.7 Å². The summed E-state index contributed by atoms with van der Waals surface area (Å²) >= 11 is 3.57. The molecule has 0 aliphatic carbocycles. The monoisotopic (exact) mass is 470 g/mol. The van der Waals surface area contributed by atoms with E-state index in [2.05, 4.69) is 74.3 Å². The SMILES string of the molecule is CC(=O)N1CC2Cc3ccccc3CC1CN2Cc1cccc(Br)c1.Cl.Cl. The average molecular weight is 472 g/mol. The quantitative estimate of drug-likeness (QED) is 0.644. The van der Waals surface area contributed by atoms with Gasteiger partial charge in [-0.2, -0.15) is 0 Å². The molecule has 6 heteroatoms. The summed E-state index contributed by atoms with van der Waals surface area (Å²) in [5.41, 5.74) is 4.17. The molecule has 1 amide bonds. The maximum Gasteiger partial charge on any atom is 0.219 e. The Morgan fingerprint density at radius 1 is 1.00 bits per heavy atom. The van der Waals surface area contributed by atoms with Crippen LogP contribution in [0.15, 0.2) is 53.0 Å². The fourth-order valence-electron chi connectivity index (χ4n) is 4.29. The molecule has 5 rings (SSSR count). The van der Waals surface area contributed by atoms with Gasteiger partial charge in [0.1, 0.15) is 0 Å². The zero-order valence-electron chi connectivity index (χ0n) is 15.3. The summed E-state index contributed by atoms with van der Waals surface area (Å²) in [6.07, 6.45) is 1.97. The number of rotatable bonds is 2. The van der Waals surface area contributed by atoms with Gasteiger partial charge < -0.3 is 4.90 Å². The van der Waals surface area contributed by atoms with Crippen LogP contribution in [0.2, 0.25) is 0 Å². The molecular weight excluding hydrogens is 447 g/mol. The standard InChI is InChI=1S/C21H23BrN2O.2ClH/c1-15(25)24-14-20-10-17-6-2-3-7-18(17)11-21(24)13-23(20)12-16-5-4-8-19(22)9-16;;/h2-9,20-21H,10-14H2,1H3;2*1H. The van der Waals surface area contributed by atoms with Gasteiger partial charge >= 0.3 is 0 Å². The predicted molar refractivity (Wildman–Crippen MR) is 118 cm³/mol. The molecule has 3 heterocycles. The lowest BCUT2D eigenvalue weighted by Gasteiger charge is -2.48. The topological polar surface area (TPSA) is 23.6 Å². The second kappa shape index (κ2) is 9.42. The van der Waals surface area contributed by atoms with E-state index < -0.39 is 0 Å². The van der Waals surface area contributed by atoms with E-state index in [1.807, 2.05) is 0 Å². The molecule has 2 aromatic rings. The number of hydrogen-bond acceptors (Lipinski definition) is 2. The number of halogens is 3. The highest BCUT2D eigenvalue weighted by molar-refractivity contribution is 9.10. The molecule has 2 atom stereocenters. The summed E-state index contributed by atoms with van der Waals surface area (Å²) in [6.45, 7) is 4.43. The first kappa shape index (κ1) is 22.2. The molecule has 3 nitrogen and oxygen atoms in total. The lowest BCUT2D eigenvalue weighted by molar-refractivity contribution is -0.136. The number of fused-ring (bicyclic) bond motifs is 2. The Hall–Kier alpha value is -1.07. The van der Waals surface area contributed by atoms with Crippen LogP contribution in [0.4, 0.5) is 0 Å². The van der Waals surface area contributed by atoms with E-state index in [4.69, 9.17) is 0 Å². The van der Waals surface area contributed by atoms with Gasteiger partial charge in [-0.15, -0.1) is 24.8 Å². The van der Waals surface area contributed by atoms with Gasteiger partial charge in [-0.25, -0.2) is 0 Å². The third kappa shape index (κ3) is 4.86. The first-order chi connectivity index (χ1) is 12.1. The van der Waals surface area contributed by atoms with Gasteiger partial charge in [0.05, 0.1) is 0 Å². The van der Waals surface area contributed by atoms with Gasteiger partial charge in [0.25, 0.3) is 0 Å². The van der Waals surface area contributed by atoms with Gasteiger partial charge in [0.2, 0.25) is 5.91 Å². The van der Waals surface area contributed by atoms with Crippen LogP contribution in [0.3, 0.4) is 0 Å². The lowest BCUT2D eigenvalue weighted by Crippen LogP contribution is -2.61. The second-order valence-corrected chi connectivity index (χ2v) is 8.13. The Kier molecular flexibility index (Phi) is 7.75. The van der Waals surface area contributed by atoms with E-state index in [-0.39, 0.29) is 36.8 Å². The number of benzene rings is 2. The van der Waals surface area contributed by atoms with Crippen molar-refractivity contribution in [2.75, 3.05) is 13.1 Å². The molecule has 3 aliphatic rings. The highest BCUT2D eigenvalue weighted by Gasteiger charge is 2.37. The summed E-state index contributed by atoms with van der Waals surface area (Å²) in [5, 5.41) is 0. The molecule has 1 saturated heterocycles. The Bertz CT molecular complexity index is 801. The minimum absolute atomic E-state index is 0. The Labute approximate surface area is 182 Å². The number of piperazine rings is 1. The van der Waals surface area contributed by atoms with Crippen LogP contribution >= 0.6 is 40.7 Å². The van der Waals surface area contributed by atoms with Crippen LogP contribution in [0, 0.1) is 0 Å². The molecule has 3 aliphatic heterocycles. The van der Waals surface area contributed by atoms with Gasteiger partial charge in [-0.05, 0) is 41.7 Å². The van der Waals surface area contributed by atoms with E-state index in [1.54, 1.807) is 6.92 Å². The van der Waals surface area contributed by atoms with Crippen LogP contribution in [-0.2, 0) is 24.2 Å². The zero-order chi connectivity index (χ0) is 17.4. The molecule has 1 fully saturated rings. The van der Waals surface area contributed by atoms with Crippen molar-refractivity contribution in [3.05, 3.63) is 69.7 Å². The highest BCUT2D eigenvalue weighted by atomic mass is 79.9. The van der Waals surface area contributed by atoms with Crippen LogP contribution in [0.5, 0.6) is 0 Å². The van der Waals surface area contributed by atoms with E-state index >= 15 is 0 Å². The van der Waals surface area contributed by atoms with E-state index in [0.717, 1.165) is 36.9 Å². The third-order valence-corrected chi connectivity index (χ3v) is 6.01. The number of nitrogens with zero attached hydrogens (tertiary/aromatic N) is 2. The van der Waals surface area contributed by atoms with Crippen molar-refractivity contribution in [3.63, 3.8) is 0 Å². The minimum atomic E-state index is 0. The Morgan fingerprint density at radius 3 is 2.30 bits per heavy atom. The van der Waals surface area contributed by atoms with Gasteiger partial charge in [-0.1, -0.05) is 52.3 Å². The van der Waals surface area contributed by atoms with Crippen molar-refractivity contribution < 1.29 is 4.79 Å². The summed E-state index contributed by atoms with van der Waals surface area (Å²) in [4.78, 5) is 16.8. The molecule has 146 valence electrons.